The molecule has 1 N–H and O–H groups in total. The summed E-state index contributed by atoms with van der Waals surface area (Å²) < 4.78 is 4.43. The van der Waals surface area contributed by atoms with E-state index in [1.807, 2.05) is 0 Å². The van der Waals surface area contributed by atoms with Gasteiger partial charge in [0.25, 0.3) is 5.91 Å². The van der Waals surface area contributed by atoms with E-state index in [1.165, 1.54) is 31.6 Å². The summed E-state index contributed by atoms with van der Waals surface area (Å²) in [5.74, 6) is -0.708. The molecule has 2 aromatic heterocycles. The lowest BCUT2D eigenvalue weighted by atomic mass is 10.3. The van der Waals surface area contributed by atoms with Gasteiger partial charge in [-0.2, -0.15) is 0 Å². The molecule has 0 aromatic carbocycles. The molecule has 0 bridgehead atoms. The van der Waals surface area contributed by atoms with Gasteiger partial charge in [-0.15, -0.1) is 12.4 Å². The Bertz CT molecular complexity index is 612. The Hall–Kier alpha value is -1.89. The molecule has 25 heavy (non-hydrogen) atoms. The summed E-state index contributed by atoms with van der Waals surface area (Å²) in [4.78, 5) is 29.3. The number of amides is 1. The maximum absolute atomic E-state index is 10.9. The van der Waals surface area contributed by atoms with Crippen molar-refractivity contribution in [1.82, 2.24) is 15.3 Å². The van der Waals surface area contributed by atoms with Crippen LogP contribution in [-0.4, -0.2) is 36.0 Å². The molecule has 2 rings (SSSR count). The summed E-state index contributed by atoms with van der Waals surface area (Å²) >= 11 is 11.2. The van der Waals surface area contributed by atoms with Gasteiger partial charge in [-0.3, -0.25) is 9.78 Å². The third-order valence-corrected chi connectivity index (χ3v) is 2.77. The van der Waals surface area contributed by atoms with Gasteiger partial charge in [0.15, 0.2) is 0 Å². The van der Waals surface area contributed by atoms with E-state index >= 15 is 0 Å². The highest BCUT2D eigenvalue weighted by molar-refractivity contribution is 6.31. The Kier molecular flexibility index (Phi) is 16.1. The first-order valence-corrected chi connectivity index (χ1v) is 6.77. The van der Waals surface area contributed by atoms with Gasteiger partial charge in [-0.1, -0.05) is 38.1 Å². The van der Waals surface area contributed by atoms with Crippen molar-refractivity contribution in [2.75, 3.05) is 14.2 Å². The van der Waals surface area contributed by atoms with Crippen LogP contribution in [0.4, 0.5) is 0 Å². The fourth-order valence-corrected chi connectivity index (χ4v) is 1.60. The molecule has 0 aliphatic heterocycles. The van der Waals surface area contributed by atoms with E-state index in [1.54, 1.807) is 19.2 Å². The summed E-state index contributed by atoms with van der Waals surface area (Å²) in [6.45, 7) is 0. The highest BCUT2D eigenvalue weighted by Crippen LogP contribution is 2.08. The van der Waals surface area contributed by atoms with Crippen LogP contribution in [0.15, 0.2) is 36.7 Å². The van der Waals surface area contributed by atoms with Crippen molar-refractivity contribution in [3.05, 3.63) is 58.1 Å². The van der Waals surface area contributed by atoms with Crippen LogP contribution < -0.4 is 5.32 Å². The molecule has 0 aliphatic carbocycles. The maximum Gasteiger partial charge on any atom is 0.356 e. The molecule has 0 aliphatic rings. The zero-order valence-corrected chi connectivity index (χ0v) is 14.6. The molecule has 0 unspecified atom stereocenters. The lowest BCUT2D eigenvalue weighted by Gasteiger charge is -1.97. The predicted octanol–water partition coefficient (Wildman–Crippen LogP) is 4.31. The predicted molar refractivity (Wildman–Crippen MR) is 104 cm³/mol. The Labute approximate surface area is 164 Å². The van der Waals surface area contributed by atoms with E-state index in [2.05, 4.69) is 20.0 Å². The van der Waals surface area contributed by atoms with Gasteiger partial charge in [0.05, 0.1) is 7.11 Å². The number of nitrogens with zero attached hydrogens (tertiary/aromatic N) is 2. The standard InChI is InChI=1S/C7H7ClN2O.C7H6ClNO2.2CH4.ClH/c1-9-7(11)6-4-5(8)2-3-10-6;1-11-7(10)6-4-5(8)2-3-9-6;;;/h2-4H,1H3,(H,9,11);2-4H,1H3;2*1H4;1H. The molecule has 0 atom stereocenters. The van der Waals surface area contributed by atoms with Crippen LogP contribution in [0, 0.1) is 0 Å². The fourth-order valence-electron chi connectivity index (χ4n) is 1.28. The minimum absolute atomic E-state index is 0. The van der Waals surface area contributed by atoms with Crippen molar-refractivity contribution < 1.29 is 14.3 Å². The summed E-state index contributed by atoms with van der Waals surface area (Å²) in [7, 11) is 2.84. The Morgan fingerprint density at radius 2 is 1.44 bits per heavy atom. The van der Waals surface area contributed by atoms with E-state index in [0.29, 0.717) is 15.7 Å². The number of ether oxygens (including phenoxy) is 1. The number of rotatable bonds is 2. The number of carbonyl (C=O) groups is 2. The molecule has 0 saturated heterocycles. The van der Waals surface area contributed by atoms with Gasteiger partial charge >= 0.3 is 5.97 Å². The van der Waals surface area contributed by atoms with E-state index < -0.39 is 5.97 Å². The average Bonchev–Trinajstić information content (AvgIpc) is 2.54. The number of esters is 1. The molecule has 2 aromatic rings. The molecule has 1 amide bonds. The van der Waals surface area contributed by atoms with Crippen molar-refractivity contribution in [1.29, 1.82) is 0 Å². The number of hydrogen-bond donors (Lipinski definition) is 1. The molecule has 0 fully saturated rings. The van der Waals surface area contributed by atoms with Crippen molar-refractivity contribution in [3.63, 3.8) is 0 Å². The van der Waals surface area contributed by atoms with Crippen LogP contribution in [0.1, 0.15) is 35.8 Å². The van der Waals surface area contributed by atoms with E-state index in [0.717, 1.165) is 0 Å². The van der Waals surface area contributed by atoms with Gasteiger partial charge < -0.3 is 10.1 Å². The van der Waals surface area contributed by atoms with Crippen molar-refractivity contribution >= 4 is 47.5 Å². The minimum atomic E-state index is -0.479. The van der Waals surface area contributed by atoms with Crippen LogP contribution in [0.25, 0.3) is 0 Å². The monoisotopic (exact) mass is 409 g/mol. The smallest absolute Gasteiger partial charge is 0.356 e. The Balaban J connectivity index is -0.000000346. The van der Waals surface area contributed by atoms with Gasteiger partial charge in [0.1, 0.15) is 11.4 Å². The van der Waals surface area contributed by atoms with Crippen LogP contribution in [0.5, 0.6) is 0 Å². The van der Waals surface area contributed by atoms with Gasteiger partial charge in [-0.05, 0) is 24.3 Å². The maximum atomic E-state index is 10.9. The van der Waals surface area contributed by atoms with Crippen LogP contribution in [0.2, 0.25) is 10.0 Å². The number of nitrogens with one attached hydrogen (secondary N) is 1. The van der Waals surface area contributed by atoms with Gasteiger partial charge in [0, 0.05) is 29.5 Å². The van der Waals surface area contributed by atoms with E-state index in [9.17, 15) is 9.59 Å². The number of hydrogen-bond acceptors (Lipinski definition) is 5. The second kappa shape index (κ2) is 14.5. The quantitative estimate of drug-likeness (QED) is 0.746. The molecule has 2 heterocycles. The van der Waals surface area contributed by atoms with Gasteiger partial charge in [-0.25, -0.2) is 9.78 Å². The number of methoxy groups -OCH3 is 1. The third kappa shape index (κ3) is 9.86. The van der Waals surface area contributed by atoms with Crippen LogP contribution in [0.3, 0.4) is 0 Å². The zero-order chi connectivity index (χ0) is 16.5. The Morgan fingerprint density at radius 3 is 1.84 bits per heavy atom. The molecule has 0 saturated carbocycles. The van der Waals surface area contributed by atoms with Crippen LogP contribution >= 0.6 is 35.6 Å². The first-order chi connectivity index (χ1) is 10.5. The molecular weight excluding hydrogens is 389 g/mol. The molecule has 0 radical (unpaired) electrons. The molecule has 9 heteroatoms. The fraction of sp³-hybridized carbons (Fsp3) is 0.250. The first-order valence-electron chi connectivity index (χ1n) is 6.01. The summed E-state index contributed by atoms with van der Waals surface area (Å²) in [6, 6.07) is 6.18. The average molecular weight is 411 g/mol. The summed E-state index contributed by atoms with van der Waals surface area (Å²) in [5, 5.41) is 3.43. The molecule has 6 nitrogen and oxygen atoms in total. The number of aromatic nitrogens is 2. The topological polar surface area (TPSA) is 81.2 Å². The molecule has 0 spiro atoms. The SMILES string of the molecule is C.C.CNC(=O)c1cc(Cl)ccn1.COC(=O)c1cc(Cl)ccn1.Cl. The van der Waals surface area contributed by atoms with Crippen molar-refractivity contribution in [3.8, 4) is 0 Å². The van der Waals surface area contributed by atoms with Crippen molar-refractivity contribution in [2.24, 2.45) is 0 Å². The van der Waals surface area contributed by atoms with Gasteiger partial charge in [0.2, 0.25) is 0 Å². The third-order valence-electron chi connectivity index (χ3n) is 2.30. The Morgan fingerprint density at radius 1 is 1.00 bits per heavy atom. The molecular formula is C16H22Cl3N3O3. The van der Waals surface area contributed by atoms with Crippen LogP contribution in [-0.2, 0) is 4.74 Å². The van der Waals surface area contributed by atoms with E-state index in [-0.39, 0.29) is 38.9 Å². The normalized spacial score (nSPS) is 8.16. The number of pyridine rings is 2. The number of halogens is 3. The minimum Gasteiger partial charge on any atom is -0.464 e. The van der Waals surface area contributed by atoms with Crippen molar-refractivity contribution in [2.45, 2.75) is 14.9 Å². The second-order valence-corrected chi connectivity index (χ2v) is 4.66. The summed E-state index contributed by atoms with van der Waals surface area (Å²) in [6.07, 6.45) is 2.95. The highest BCUT2D eigenvalue weighted by atomic mass is 35.5. The highest BCUT2D eigenvalue weighted by Gasteiger charge is 2.05. The number of carbonyl (C=O) groups excluding carboxylic acids is 2. The van der Waals surface area contributed by atoms with E-state index in [4.69, 9.17) is 23.2 Å². The molecule has 140 valence electrons. The first kappa shape index (κ1) is 27.9. The second-order valence-electron chi connectivity index (χ2n) is 3.79. The summed E-state index contributed by atoms with van der Waals surface area (Å²) in [5.41, 5.74) is 0.556. The largest absolute Gasteiger partial charge is 0.464 e. The lowest BCUT2D eigenvalue weighted by Crippen LogP contribution is -2.18. The lowest BCUT2D eigenvalue weighted by molar-refractivity contribution is 0.0594. The zero-order valence-electron chi connectivity index (χ0n) is 12.2.